The van der Waals surface area contributed by atoms with Crippen LogP contribution >= 0.6 is 0 Å². The standard InChI is InChI=1S/C54H38F4O22S5/c1-30-3-4-34(25-47(30)81(61,62)63)51(59)35-12-21-45(49(27-35)83(67,68)69)78-42-23-38(33-9-18-41(19-10-33)80-53(55,56)54(57,58)85(73,74)75)24-43(29-42)79-46-22-13-37(28-50(46)84(70,71)72)52(60)36-11-20-44(48(26-36)82(64,65)66)77-40-16-7-32(8-17-40)31-5-14-39(76-2)15-6-31/h3-29H,1-2H3,(H,61,62,63)(H,64,65,66)(H,67,68,69)(H,70,71,72)(H,73,74,75). The van der Waals surface area contributed by atoms with Gasteiger partial charge in [0.25, 0.3) is 40.5 Å². The number of aryl methyl sites for hydroxylation is 1. The van der Waals surface area contributed by atoms with Crippen LogP contribution in [0.15, 0.2) is 183 Å². The van der Waals surface area contributed by atoms with Crippen LogP contribution in [0.5, 0.6) is 46.0 Å². The molecule has 0 radical (unpaired) electrons. The topological polar surface area (TPSA) is 352 Å². The molecule has 0 aliphatic carbocycles. The lowest BCUT2D eigenvalue weighted by Crippen LogP contribution is -2.50. The highest BCUT2D eigenvalue weighted by atomic mass is 32.2. The molecule has 444 valence electrons. The third kappa shape index (κ3) is 14.0. The van der Waals surface area contributed by atoms with Crippen LogP contribution in [0.25, 0.3) is 22.3 Å². The molecular formula is C54H38F4O22S5. The third-order valence-corrected chi connectivity index (χ3v) is 16.6. The predicted octanol–water partition coefficient (Wildman–Crippen LogP) is 10.6. The van der Waals surface area contributed by atoms with Crippen molar-refractivity contribution in [1.29, 1.82) is 0 Å². The van der Waals surface area contributed by atoms with Crippen molar-refractivity contribution >= 4 is 62.2 Å². The highest BCUT2D eigenvalue weighted by Gasteiger charge is 2.69. The van der Waals surface area contributed by atoms with Gasteiger partial charge in [-0.2, -0.15) is 59.7 Å². The summed E-state index contributed by atoms with van der Waals surface area (Å²) in [5.74, 6) is -5.50. The van der Waals surface area contributed by atoms with Crippen LogP contribution < -0.4 is 23.7 Å². The SMILES string of the molecule is COc1ccc(-c2ccc(Oc3ccc(C(=O)c4ccc(Oc5cc(Oc6ccc(C(=O)c7ccc(C)c(S(=O)(=O)O)c7)cc6S(=O)(=O)O)cc(-c6ccc(OC(F)(F)C(F)(F)S(=O)(=O)O)cc6)c5)c(S(=O)(=O)O)c4)cc3S(=O)(=O)O)cc2)cc1. The third-order valence-electron chi connectivity index (χ3n) is 12.1. The molecule has 0 spiro atoms. The number of ether oxygens (including phenoxy) is 5. The molecule has 8 rings (SSSR count). The minimum Gasteiger partial charge on any atom is -0.497 e. The number of ketones is 2. The van der Waals surface area contributed by atoms with Gasteiger partial charge in [0.1, 0.15) is 60.7 Å². The van der Waals surface area contributed by atoms with E-state index in [-0.39, 0.29) is 28.0 Å². The van der Waals surface area contributed by atoms with E-state index in [1.807, 2.05) is 0 Å². The summed E-state index contributed by atoms with van der Waals surface area (Å²) in [5, 5.41) is -6.15. The molecule has 0 bridgehead atoms. The molecule has 31 heteroatoms. The molecular weight excluding hydrogens is 1240 g/mol. The Hall–Kier alpha value is -8.63. The Morgan fingerprint density at radius 3 is 1.05 bits per heavy atom. The highest BCUT2D eigenvalue weighted by molar-refractivity contribution is 7.87. The zero-order valence-electron chi connectivity index (χ0n) is 42.8. The highest BCUT2D eigenvalue weighted by Crippen LogP contribution is 2.43. The predicted molar refractivity (Wildman–Crippen MR) is 289 cm³/mol. The summed E-state index contributed by atoms with van der Waals surface area (Å²) >= 11 is 0. The first-order chi connectivity index (χ1) is 39.4. The summed E-state index contributed by atoms with van der Waals surface area (Å²) in [6.07, 6.45) is -5.85. The molecule has 8 aromatic carbocycles. The van der Waals surface area contributed by atoms with E-state index in [9.17, 15) is 87.5 Å². The van der Waals surface area contributed by atoms with Gasteiger partial charge in [-0.15, -0.1) is 0 Å². The maximum Gasteiger partial charge on any atom is 0.483 e. The second kappa shape index (κ2) is 23.1. The minimum absolute atomic E-state index is 0.0354. The fourth-order valence-electron chi connectivity index (χ4n) is 7.97. The number of carbonyl (C=O) groups excluding carboxylic acids is 2. The molecule has 0 fully saturated rings. The first kappa shape index (κ1) is 62.4. The summed E-state index contributed by atoms with van der Waals surface area (Å²) in [5.41, 5.74) is -0.574. The molecule has 0 amide bonds. The largest absolute Gasteiger partial charge is 0.497 e. The van der Waals surface area contributed by atoms with Crippen molar-refractivity contribution in [3.63, 3.8) is 0 Å². The summed E-state index contributed by atoms with van der Waals surface area (Å²) in [4.78, 5) is 23.7. The van der Waals surface area contributed by atoms with Gasteiger partial charge >= 0.3 is 21.5 Å². The van der Waals surface area contributed by atoms with Crippen molar-refractivity contribution in [3.05, 3.63) is 192 Å². The first-order valence-corrected chi connectivity index (χ1v) is 30.6. The van der Waals surface area contributed by atoms with E-state index in [1.54, 1.807) is 36.4 Å². The van der Waals surface area contributed by atoms with Crippen LogP contribution in [-0.2, 0) is 50.6 Å². The van der Waals surface area contributed by atoms with Crippen molar-refractivity contribution in [2.45, 2.75) is 37.9 Å². The van der Waals surface area contributed by atoms with E-state index in [2.05, 4.69) is 4.74 Å². The monoisotopic (exact) mass is 1270 g/mol. The average Bonchev–Trinajstić information content (AvgIpc) is 2.31. The Kier molecular flexibility index (Phi) is 17.0. The fraction of sp³-hybridized carbons (Fsp3) is 0.0741. The second-order valence-corrected chi connectivity index (χ2v) is 24.9. The Morgan fingerprint density at radius 1 is 0.376 bits per heavy atom. The molecule has 85 heavy (non-hydrogen) atoms. The fourth-order valence-corrected chi connectivity index (χ4v) is 11.0. The Bertz CT molecular complexity index is 4580. The minimum atomic E-state index is -6.73. The molecule has 8 aromatic rings. The number of halogens is 4. The van der Waals surface area contributed by atoms with Crippen LogP contribution in [0.2, 0.25) is 0 Å². The van der Waals surface area contributed by atoms with E-state index >= 15 is 0 Å². The molecule has 5 N–H and O–H groups in total. The van der Waals surface area contributed by atoms with Crippen molar-refractivity contribution in [1.82, 2.24) is 0 Å². The molecule has 0 saturated heterocycles. The van der Waals surface area contributed by atoms with E-state index in [1.165, 1.54) is 32.2 Å². The summed E-state index contributed by atoms with van der Waals surface area (Å²) in [6.45, 7) is 1.31. The van der Waals surface area contributed by atoms with Crippen molar-refractivity contribution in [2.75, 3.05) is 7.11 Å². The molecule has 0 unspecified atom stereocenters. The van der Waals surface area contributed by atoms with Gasteiger partial charge in [0, 0.05) is 28.3 Å². The van der Waals surface area contributed by atoms with Crippen LogP contribution in [0, 0.1) is 6.92 Å². The van der Waals surface area contributed by atoms with Gasteiger partial charge < -0.3 is 23.7 Å². The first-order valence-electron chi connectivity index (χ1n) is 23.4. The van der Waals surface area contributed by atoms with E-state index in [0.29, 0.717) is 30.0 Å². The molecule has 0 atom stereocenters. The number of alkyl halides is 4. The van der Waals surface area contributed by atoms with Gasteiger partial charge in [-0.3, -0.25) is 32.4 Å². The van der Waals surface area contributed by atoms with Gasteiger partial charge in [-0.25, -0.2) is 0 Å². The van der Waals surface area contributed by atoms with Gasteiger partial charge in [0.2, 0.25) is 0 Å². The molecule has 0 saturated carbocycles. The quantitative estimate of drug-likeness (QED) is 0.0253. The molecule has 0 heterocycles. The molecule has 22 nitrogen and oxygen atoms in total. The number of carbonyl (C=O) groups is 2. The van der Waals surface area contributed by atoms with Crippen LogP contribution in [0.3, 0.4) is 0 Å². The second-order valence-electron chi connectivity index (χ2n) is 17.9. The lowest BCUT2D eigenvalue weighted by molar-refractivity contribution is -0.274. The van der Waals surface area contributed by atoms with Crippen LogP contribution in [-0.4, -0.2) is 94.9 Å². The Labute approximate surface area is 480 Å². The maximum absolute atomic E-state index is 14.4. The summed E-state index contributed by atoms with van der Waals surface area (Å²) in [7, 11) is -26.0. The van der Waals surface area contributed by atoms with Gasteiger partial charge in [-0.1, -0.05) is 48.5 Å². The zero-order valence-corrected chi connectivity index (χ0v) is 46.9. The zero-order chi connectivity index (χ0) is 62.4. The molecule has 0 aromatic heterocycles. The number of rotatable bonds is 21. The number of hydrogen-bond donors (Lipinski definition) is 5. The molecule has 0 aliphatic rings. The Balaban J connectivity index is 1.15. The van der Waals surface area contributed by atoms with E-state index < -0.39 is 144 Å². The Morgan fingerprint density at radius 2 is 0.694 bits per heavy atom. The number of methoxy groups -OCH3 is 1. The van der Waals surface area contributed by atoms with Crippen molar-refractivity contribution in [3.8, 4) is 68.2 Å². The number of benzene rings is 8. The van der Waals surface area contributed by atoms with Gasteiger partial charge in [0.15, 0.2) is 11.6 Å². The molecule has 0 aliphatic heterocycles. The maximum atomic E-state index is 14.4. The van der Waals surface area contributed by atoms with Gasteiger partial charge in [-0.05, 0) is 144 Å². The number of hydrogen-bond acceptors (Lipinski definition) is 17. The smallest absolute Gasteiger partial charge is 0.483 e. The lowest BCUT2D eigenvalue weighted by atomic mass is 10.0. The lowest BCUT2D eigenvalue weighted by Gasteiger charge is -2.23. The van der Waals surface area contributed by atoms with Crippen LogP contribution in [0.1, 0.15) is 37.4 Å². The van der Waals surface area contributed by atoms with Crippen LogP contribution in [0.4, 0.5) is 17.6 Å². The summed E-state index contributed by atoms with van der Waals surface area (Å²) < 4.78 is 256. The van der Waals surface area contributed by atoms with Crippen molar-refractivity contribution in [2.24, 2.45) is 0 Å². The van der Waals surface area contributed by atoms with Gasteiger partial charge in [0.05, 0.1) is 12.0 Å². The normalized spacial score (nSPS) is 12.5. The van der Waals surface area contributed by atoms with Crippen molar-refractivity contribution < 1.29 is 116 Å². The summed E-state index contributed by atoms with van der Waals surface area (Å²) in [6, 6.07) is 30.3. The average molecular weight is 1280 g/mol. The van der Waals surface area contributed by atoms with E-state index in [4.69, 9.17) is 23.5 Å². The van der Waals surface area contributed by atoms with E-state index in [0.717, 1.165) is 96.1 Å².